The number of likely N-dealkylation sites (N-methyl/N-ethyl adjacent to an activating group) is 2. The molecule has 9 aromatic rings. The molecule has 0 saturated carbocycles. The van der Waals surface area contributed by atoms with Crippen molar-refractivity contribution in [2.45, 2.75) is 83.4 Å². The lowest BCUT2D eigenvalue weighted by atomic mass is 10.0. The van der Waals surface area contributed by atoms with Crippen molar-refractivity contribution in [1.82, 2.24) is 59.3 Å². The minimum Gasteiger partial charge on any atom is -0.508 e. The molecule has 0 aliphatic carbocycles. The fraction of sp³-hybridized carbons (Fsp3) is 0.420. The zero-order valence-corrected chi connectivity index (χ0v) is 66.5. The first kappa shape index (κ1) is 77.9. The zero-order valence-electron chi connectivity index (χ0n) is 66.5. The molecule has 2 atom stereocenters. The van der Waals surface area contributed by atoms with Gasteiger partial charge in [-0.05, 0) is 126 Å². The van der Waals surface area contributed by atoms with Crippen molar-refractivity contribution in [3.63, 3.8) is 0 Å². The van der Waals surface area contributed by atoms with Crippen LogP contribution in [0.1, 0.15) is 60.0 Å². The van der Waals surface area contributed by atoms with Crippen LogP contribution in [0.3, 0.4) is 0 Å². The van der Waals surface area contributed by atoms with Gasteiger partial charge in [0.25, 0.3) is 0 Å². The number of fused-ring (bicyclic) bond motifs is 6. The smallest absolute Gasteiger partial charge is 0.318 e. The first-order valence-corrected chi connectivity index (χ1v) is 40.3. The molecule has 8 aliphatic rings. The monoisotopic (exact) mass is 1540 g/mol. The predicted molar refractivity (Wildman–Crippen MR) is 449 cm³/mol. The van der Waals surface area contributed by atoms with E-state index in [9.17, 15) is 24.6 Å². The van der Waals surface area contributed by atoms with Crippen LogP contribution in [0.5, 0.6) is 29.5 Å². The maximum atomic E-state index is 12.1. The van der Waals surface area contributed by atoms with Crippen molar-refractivity contribution >= 4 is 84.6 Å². The Labute approximate surface area is 667 Å². The number of nitrogens with zero attached hydrogens (tertiary/aromatic N) is 18. The lowest BCUT2D eigenvalue weighted by Gasteiger charge is -2.38. The molecule has 11 heterocycles. The molecule has 26 heteroatoms. The number of piperazine rings is 3. The highest BCUT2D eigenvalue weighted by Crippen LogP contribution is 2.41. The molecule has 596 valence electrons. The van der Waals surface area contributed by atoms with Gasteiger partial charge >= 0.3 is 18.0 Å². The van der Waals surface area contributed by atoms with E-state index in [1.807, 2.05) is 84.2 Å². The number of carbonyl (C=O) groups excluding carboxylic acids is 3. The number of carbonyl (C=O) groups is 3. The van der Waals surface area contributed by atoms with Gasteiger partial charge in [-0.3, -0.25) is 14.4 Å². The van der Waals surface area contributed by atoms with Gasteiger partial charge in [-0.2, -0.15) is 29.9 Å². The van der Waals surface area contributed by atoms with E-state index in [1.165, 1.54) is 40.3 Å². The van der Waals surface area contributed by atoms with E-state index in [0.29, 0.717) is 103 Å². The number of phenolic OH excluding ortho intramolecular Hbond substituents is 2. The van der Waals surface area contributed by atoms with Crippen molar-refractivity contribution in [1.29, 1.82) is 0 Å². The summed E-state index contributed by atoms with van der Waals surface area (Å²) in [5.41, 5.74) is 9.65. The SMILES string of the molecule is C=CC(=O)N1CCN(c2nc(OC(C)CN(C)C)nc3c2CCN(c2cccc4ccccc24)C3)CC1.C=CC(=O)N1CCN(c2nc(OC3CCN(C)C3)nc3c2CCN(c2cc(O)cc4ccccc24)C3)CC1.C=CC(=O)N1CCN(c2nc(OC3CCN(C)CC3)nc3c2CCN(c2cc(O)cc4ccccc24)C3)CC1. The minimum absolute atomic E-state index is 0.0170. The number of rotatable bonds is 17. The number of likely N-dealkylation sites (tertiary alicyclic amines) is 2. The highest BCUT2D eigenvalue weighted by molar-refractivity contribution is 5.98. The number of piperidine rings is 1. The zero-order chi connectivity index (χ0) is 79.1. The molecule has 5 saturated heterocycles. The number of aromatic hydroxyl groups is 2. The number of anilines is 6. The summed E-state index contributed by atoms with van der Waals surface area (Å²) in [6, 6.07) is 39.9. The van der Waals surface area contributed by atoms with Gasteiger partial charge in [-0.1, -0.05) is 105 Å². The van der Waals surface area contributed by atoms with Gasteiger partial charge in [-0.25, -0.2) is 0 Å². The van der Waals surface area contributed by atoms with Crippen LogP contribution in [0.25, 0.3) is 32.3 Å². The van der Waals surface area contributed by atoms with E-state index in [2.05, 4.69) is 133 Å². The van der Waals surface area contributed by atoms with Crippen molar-refractivity contribution < 1.29 is 38.8 Å². The molecule has 2 unspecified atom stereocenters. The van der Waals surface area contributed by atoms with Gasteiger partial charge in [-0.15, -0.1) is 0 Å². The number of hydrogen-bond acceptors (Lipinski definition) is 23. The van der Waals surface area contributed by atoms with Crippen LogP contribution in [0.15, 0.2) is 153 Å². The Morgan fingerprint density at radius 1 is 0.439 bits per heavy atom. The highest BCUT2D eigenvalue weighted by Gasteiger charge is 2.35. The quantitative estimate of drug-likeness (QED) is 0.0808. The van der Waals surface area contributed by atoms with Crippen molar-refractivity contribution in [2.24, 2.45) is 0 Å². The van der Waals surface area contributed by atoms with Crippen LogP contribution in [0, 0.1) is 0 Å². The van der Waals surface area contributed by atoms with Crippen LogP contribution in [0.2, 0.25) is 0 Å². The Balaban J connectivity index is 0.000000135. The average molecular weight is 1540 g/mol. The van der Waals surface area contributed by atoms with Gasteiger partial charge in [0.1, 0.15) is 47.3 Å². The third-order valence-electron chi connectivity index (χ3n) is 23.2. The number of ether oxygens (including phenoxy) is 3. The first-order chi connectivity index (χ1) is 55.4. The summed E-state index contributed by atoms with van der Waals surface area (Å²) in [5.74, 6) is 3.23. The summed E-state index contributed by atoms with van der Waals surface area (Å²) in [6.07, 6.45) is 9.58. The standard InChI is InChI=1S/C30H36N6O3.C29H34N6O3.C29H36N6O2/c1-3-28(38)34-14-16-35(17-15-34)29-25-10-13-36(27-19-22(37)18-21-6-4-5-7-24(21)27)20-26(25)31-30(32-29)39-23-8-11-33(2)12-9-23;1-3-27(37)33-12-14-34(15-13-33)28-24-9-11-35(26-17-21(36)16-20-6-4-5-7-23(20)26)19-25(24)30-29(31-28)38-22-8-10-32(2)18-22;1-5-27(36)33-15-17-34(18-16-33)28-24-13-14-35(26-12-8-10-22-9-6-7-11-23(22)26)20-25(24)30-29(31-28)37-21(2)19-32(3)4/h3-7,18-19,23,37H,1,8-17,20H2,2H3;3-7,16-17,22,36H,1,8-15,18-19H2,2H3;5-12,21H,1,13-20H2,2-4H3. The fourth-order valence-corrected chi connectivity index (χ4v) is 17.2. The normalized spacial score (nSPS) is 18.5. The molecule has 5 fully saturated rings. The average Bonchev–Trinajstić information content (AvgIpc) is 0.959. The molecule has 6 aromatic carbocycles. The molecule has 0 spiro atoms. The summed E-state index contributed by atoms with van der Waals surface area (Å²) in [5, 5.41) is 27.6. The molecular formula is C88H106N18O8. The van der Waals surface area contributed by atoms with Gasteiger partial charge < -0.3 is 83.2 Å². The van der Waals surface area contributed by atoms with Gasteiger partial charge in [0.05, 0.1) is 36.7 Å². The summed E-state index contributed by atoms with van der Waals surface area (Å²) >= 11 is 0. The summed E-state index contributed by atoms with van der Waals surface area (Å²) in [4.78, 5) is 92.0. The molecule has 3 aromatic heterocycles. The predicted octanol–water partition coefficient (Wildman–Crippen LogP) is 9.38. The van der Waals surface area contributed by atoms with Crippen molar-refractivity contribution in [3.8, 4) is 29.5 Å². The minimum atomic E-state index is -0.0410. The van der Waals surface area contributed by atoms with Crippen LogP contribution in [0.4, 0.5) is 34.5 Å². The van der Waals surface area contributed by atoms with E-state index in [-0.39, 0.29) is 47.5 Å². The molecule has 26 nitrogen and oxygen atoms in total. The third-order valence-corrected chi connectivity index (χ3v) is 23.2. The largest absolute Gasteiger partial charge is 0.508 e. The van der Waals surface area contributed by atoms with Crippen LogP contribution < -0.4 is 43.6 Å². The molecule has 0 bridgehead atoms. The third kappa shape index (κ3) is 17.7. The molecular weight excluding hydrogens is 1440 g/mol. The number of aromatic nitrogens is 6. The highest BCUT2D eigenvalue weighted by atomic mass is 16.5. The maximum absolute atomic E-state index is 12.1. The number of phenols is 2. The molecule has 2 N–H and O–H groups in total. The Hall–Kier alpha value is -11.4. The van der Waals surface area contributed by atoms with Crippen LogP contribution in [-0.4, -0.2) is 265 Å². The second-order valence-electron chi connectivity index (χ2n) is 31.3. The number of amides is 3. The molecule has 17 rings (SSSR count). The second-order valence-corrected chi connectivity index (χ2v) is 31.3. The van der Waals surface area contributed by atoms with Crippen molar-refractivity contribution in [3.05, 3.63) is 187 Å². The molecule has 8 aliphatic heterocycles. The van der Waals surface area contributed by atoms with E-state index < -0.39 is 0 Å². The maximum Gasteiger partial charge on any atom is 0.318 e. The second kappa shape index (κ2) is 35.0. The molecule has 114 heavy (non-hydrogen) atoms. The Morgan fingerprint density at radius 2 is 0.807 bits per heavy atom. The Bertz CT molecular complexity index is 5010. The van der Waals surface area contributed by atoms with E-state index in [0.717, 1.165) is 183 Å². The topological polar surface area (TPSA) is 236 Å². The Morgan fingerprint density at radius 3 is 1.23 bits per heavy atom. The Kier molecular flexibility index (Phi) is 23.9. The van der Waals surface area contributed by atoms with E-state index in [1.54, 1.807) is 12.1 Å². The first-order valence-electron chi connectivity index (χ1n) is 40.3. The van der Waals surface area contributed by atoms with Crippen LogP contribution >= 0.6 is 0 Å². The summed E-state index contributed by atoms with van der Waals surface area (Å²) < 4.78 is 18.9. The number of hydrogen-bond donors (Lipinski definition) is 2. The number of benzene rings is 6. The summed E-state index contributed by atoms with van der Waals surface area (Å²) in [6.45, 7) is 30.1. The van der Waals surface area contributed by atoms with Gasteiger partial charge in [0.15, 0.2) is 0 Å². The molecule has 3 amide bonds. The van der Waals surface area contributed by atoms with E-state index >= 15 is 0 Å². The van der Waals surface area contributed by atoms with Gasteiger partial charge in [0, 0.05) is 193 Å². The van der Waals surface area contributed by atoms with Crippen molar-refractivity contribution in [2.75, 3.05) is 188 Å². The fourth-order valence-electron chi connectivity index (χ4n) is 17.2. The van der Waals surface area contributed by atoms with Gasteiger partial charge in [0.2, 0.25) is 17.7 Å². The lowest BCUT2D eigenvalue weighted by molar-refractivity contribution is -0.127. The molecule has 0 radical (unpaired) electrons. The van der Waals surface area contributed by atoms with E-state index in [4.69, 9.17) is 44.1 Å². The summed E-state index contributed by atoms with van der Waals surface area (Å²) in [7, 11) is 8.31. The van der Waals surface area contributed by atoms with Crippen LogP contribution in [-0.2, 0) is 53.3 Å². The lowest BCUT2D eigenvalue weighted by Crippen LogP contribution is -2.49.